The number of rotatable bonds is 8. The molecule has 4 aliphatic rings. The summed E-state index contributed by atoms with van der Waals surface area (Å²) in [6, 6.07) is -0.0928. The fraction of sp³-hybridized carbons (Fsp3) is 0.931. The number of ketones is 1. The summed E-state index contributed by atoms with van der Waals surface area (Å²) in [6.07, 6.45) is 11.6. The largest absolute Gasteiger partial charge is 0.339 e. The third kappa shape index (κ3) is 5.30. The van der Waals surface area contributed by atoms with Crippen molar-refractivity contribution in [1.29, 1.82) is 0 Å². The minimum atomic E-state index is -4.09. The van der Waals surface area contributed by atoms with E-state index in [9.17, 15) is 18.0 Å². The van der Waals surface area contributed by atoms with E-state index in [0.717, 1.165) is 43.4 Å². The molecule has 0 aromatic carbocycles. The molecule has 1 N–H and O–H groups in total. The summed E-state index contributed by atoms with van der Waals surface area (Å²) in [5.41, 5.74) is 0.677. The van der Waals surface area contributed by atoms with E-state index in [4.69, 9.17) is 4.55 Å². The number of nitrogens with zero attached hydrogens (tertiary/aromatic N) is 1. The second kappa shape index (κ2) is 10.3. The van der Waals surface area contributed by atoms with Crippen molar-refractivity contribution in [2.75, 3.05) is 12.3 Å². The third-order valence-electron chi connectivity index (χ3n) is 11.6. The first-order chi connectivity index (χ1) is 16.8. The van der Waals surface area contributed by atoms with E-state index >= 15 is 0 Å². The number of carbonyl (C=O) groups is 2. The van der Waals surface area contributed by atoms with E-state index in [1.807, 2.05) is 13.8 Å². The first-order valence-electron chi connectivity index (χ1n) is 14.5. The van der Waals surface area contributed by atoms with Crippen LogP contribution in [0.5, 0.6) is 0 Å². The summed E-state index contributed by atoms with van der Waals surface area (Å²) in [4.78, 5) is 26.8. The molecule has 0 radical (unpaired) electrons. The Morgan fingerprint density at radius 3 is 2.39 bits per heavy atom. The molecule has 4 fully saturated rings. The molecule has 4 saturated carbocycles. The Morgan fingerprint density at radius 1 is 1.03 bits per heavy atom. The second-order valence-electron chi connectivity index (χ2n) is 13.6. The summed E-state index contributed by atoms with van der Waals surface area (Å²) in [5.74, 6) is 4.04. The Labute approximate surface area is 219 Å². The normalized spacial score (nSPS) is 39.3. The van der Waals surface area contributed by atoms with E-state index in [1.165, 1.54) is 38.5 Å². The van der Waals surface area contributed by atoms with E-state index < -0.39 is 15.9 Å². The average Bonchev–Trinajstić information content (AvgIpc) is 3.14. The topological polar surface area (TPSA) is 91.8 Å². The average molecular weight is 524 g/mol. The van der Waals surface area contributed by atoms with Crippen LogP contribution in [0, 0.1) is 46.3 Å². The smallest absolute Gasteiger partial charge is 0.266 e. The molecule has 0 aliphatic heterocycles. The predicted molar refractivity (Wildman–Crippen MR) is 142 cm³/mol. The van der Waals surface area contributed by atoms with Gasteiger partial charge in [0.1, 0.15) is 5.78 Å². The quantitative estimate of drug-likeness (QED) is 0.409. The van der Waals surface area contributed by atoms with Crippen molar-refractivity contribution in [3.05, 3.63) is 0 Å². The van der Waals surface area contributed by atoms with Gasteiger partial charge in [-0.05, 0) is 112 Å². The summed E-state index contributed by atoms with van der Waals surface area (Å²) in [5, 5.41) is 0. The SMILES string of the molecule is CC(C)N(CCS(=O)(=O)O)C(=O)CC[C@@H](C)[C@H]1CC[C@H]2[C@@H]3CC[C@@H]4CC(=O)CC[C@]4(C)[C@H]3CC[C@]12C. The van der Waals surface area contributed by atoms with E-state index in [2.05, 4.69) is 20.8 Å². The molecule has 7 heteroatoms. The minimum Gasteiger partial charge on any atom is -0.339 e. The number of Topliss-reactive ketones (excluding diaryl/α,β-unsaturated/α-hetero) is 1. The second-order valence-corrected chi connectivity index (χ2v) is 15.2. The third-order valence-corrected chi connectivity index (χ3v) is 12.3. The summed E-state index contributed by atoms with van der Waals surface area (Å²) < 4.78 is 31.5. The van der Waals surface area contributed by atoms with E-state index in [1.54, 1.807) is 4.90 Å². The van der Waals surface area contributed by atoms with Crippen molar-refractivity contribution in [1.82, 2.24) is 4.90 Å². The van der Waals surface area contributed by atoms with Gasteiger partial charge >= 0.3 is 0 Å². The molecule has 0 heterocycles. The summed E-state index contributed by atoms with van der Waals surface area (Å²) >= 11 is 0. The van der Waals surface area contributed by atoms with Gasteiger partial charge in [0.25, 0.3) is 10.1 Å². The molecule has 36 heavy (non-hydrogen) atoms. The Balaban J connectivity index is 1.39. The monoisotopic (exact) mass is 523 g/mol. The van der Waals surface area contributed by atoms with Gasteiger partial charge in [-0.2, -0.15) is 8.42 Å². The Bertz CT molecular complexity index is 947. The molecule has 206 valence electrons. The van der Waals surface area contributed by atoms with Crippen molar-refractivity contribution in [3.8, 4) is 0 Å². The van der Waals surface area contributed by atoms with Crippen molar-refractivity contribution in [2.24, 2.45) is 46.3 Å². The van der Waals surface area contributed by atoms with Gasteiger partial charge in [-0.25, -0.2) is 0 Å². The van der Waals surface area contributed by atoms with Crippen LogP contribution in [0.2, 0.25) is 0 Å². The molecular weight excluding hydrogens is 474 g/mol. The fourth-order valence-electron chi connectivity index (χ4n) is 9.60. The molecule has 0 spiro atoms. The first kappa shape index (κ1) is 28.1. The van der Waals surface area contributed by atoms with Gasteiger partial charge in [0.05, 0.1) is 5.75 Å². The number of amides is 1. The van der Waals surface area contributed by atoms with Gasteiger partial charge in [0.15, 0.2) is 0 Å². The minimum absolute atomic E-state index is 0.0120. The van der Waals surface area contributed by atoms with E-state index in [-0.39, 0.29) is 18.5 Å². The van der Waals surface area contributed by atoms with Crippen molar-refractivity contribution in [3.63, 3.8) is 0 Å². The molecule has 0 bridgehead atoms. The van der Waals surface area contributed by atoms with Crippen LogP contribution in [0.25, 0.3) is 0 Å². The lowest BCUT2D eigenvalue weighted by molar-refractivity contribution is -0.140. The van der Waals surface area contributed by atoms with E-state index in [0.29, 0.717) is 40.8 Å². The highest BCUT2D eigenvalue weighted by molar-refractivity contribution is 7.85. The highest BCUT2D eigenvalue weighted by Crippen LogP contribution is 2.68. The maximum Gasteiger partial charge on any atom is 0.266 e. The molecule has 4 rings (SSSR count). The van der Waals surface area contributed by atoms with Crippen LogP contribution >= 0.6 is 0 Å². The Kier molecular flexibility index (Phi) is 8.04. The van der Waals surface area contributed by atoms with Gasteiger partial charge in [-0.15, -0.1) is 0 Å². The number of fused-ring (bicyclic) bond motifs is 5. The molecule has 0 unspecified atom stereocenters. The molecule has 1 amide bonds. The van der Waals surface area contributed by atoms with Crippen LogP contribution in [0.1, 0.15) is 105 Å². The number of hydrogen-bond donors (Lipinski definition) is 1. The predicted octanol–water partition coefficient (Wildman–Crippen LogP) is 5.76. The van der Waals surface area contributed by atoms with Gasteiger partial charge in [0, 0.05) is 31.8 Å². The summed E-state index contributed by atoms with van der Waals surface area (Å²) in [7, 11) is -4.09. The Hall–Kier alpha value is -0.950. The van der Waals surface area contributed by atoms with Crippen LogP contribution in [-0.2, 0) is 19.7 Å². The van der Waals surface area contributed by atoms with Crippen molar-refractivity contribution < 1.29 is 22.6 Å². The number of hydrogen-bond acceptors (Lipinski definition) is 4. The zero-order valence-electron chi connectivity index (χ0n) is 23.2. The molecular formula is C29H49NO5S. The highest BCUT2D eigenvalue weighted by atomic mass is 32.2. The van der Waals surface area contributed by atoms with Crippen LogP contribution in [0.15, 0.2) is 0 Å². The fourth-order valence-corrected chi connectivity index (χ4v) is 10.0. The van der Waals surface area contributed by atoms with Crippen LogP contribution < -0.4 is 0 Å². The van der Waals surface area contributed by atoms with Gasteiger partial charge in [-0.3, -0.25) is 14.1 Å². The molecule has 4 aliphatic carbocycles. The zero-order chi connectivity index (χ0) is 26.5. The zero-order valence-corrected chi connectivity index (χ0v) is 24.0. The molecule has 0 saturated heterocycles. The molecule has 0 aromatic heterocycles. The molecule has 0 aromatic rings. The maximum absolute atomic E-state index is 13.0. The molecule has 8 atom stereocenters. The van der Waals surface area contributed by atoms with Gasteiger partial charge in [0.2, 0.25) is 5.91 Å². The van der Waals surface area contributed by atoms with Gasteiger partial charge in [-0.1, -0.05) is 20.8 Å². The van der Waals surface area contributed by atoms with Crippen LogP contribution in [-0.4, -0.2) is 47.9 Å². The maximum atomic E-state index is 13.0. The Morgan fingerprint density at radius 2 is 1.72 bits per heavy atom. The lowest BCUT2D eigenvalue weighted by atomic mass is 9.44. The van der Waals surface area contributed by atoms with Crippen molar-refractivity contribution >= 4 is 21.8 Å². The van der Waals surface area contributed by atoms with Crippen molar-refractivity contribution in [2.45, 2.75) is 111 Å². The van der Waals surface area contributed by atoms with Gasteiger partial charge < -0.3 is 4.90 Å². The van der Waals surface area contributed by atoms with Crippen LogP contribution in [0.4, 0.5) is 0 Å². The standard InChI is InChI=1S/C29H49NO5S/c1-19(2)30(16-17-36(33,34)35)27(32)11-6-20(3)24-9-10-25-23-8-7-21-18-22(31)12-14-28(21,4)26(23)13-15-29(24,25)5/h19-21,23-26H,6-18H2,1-5H3,(H,33,34,35)/t20-,21-,23+,24-,25+,26+,28+,29-/m1/s1. The lowest BCUT2D eigenvalue weighted by Gasteiger charge is -2.60. The highest BCUT2D eigenvalue weighted by Gasteiger charge is 2.60. The lowest BCUT2D eigenvalue weighted by Crippen LogP contribution is -2.53. The summed E-state index contributed by atoms with van der Waals surface area (Å²) in [6.45, 7) is 11.2. The molecule has 6 nitrogen and oxygen atoms in total. The number of carbonyl (C=O) groups excluding carboxylic acids is 2. The first-order valence-corrected chi connectivity index (χ1v) is 16.1. The van der Waals surface area contributed by atoms with Crippen LogP contribution in [0.3, 0.4) is 0 Å².